The van der Waals surface area contributed by atoms with Gasteiger partial charge in [-0.05, 0) is 48.9 Å². The fourth-order valence-electron chi connectivity index (χ4n) is 3.81. The van der Waals surface area contributed by atoms with E-state index in [1.54, 1.807) is 0 Å². The molecule has 1 aromatic rings. The normalized spacial score (nSPS) is 24.0. The van der Waals surface area contributed by atoms with E-state index in [1.165, 1.54) is 30.7 Å². The predicted octanol–water partition coefficient (Wildman–Crippen LogP) is 1.56. The summed E-state index contributed by atoms with van der Waals surface area (Å²) in [5.41, 5.74) is 0.250. The molecule has 3 aliphatic rings. The van der Waals surface area contributed by atoms with Crippen LogP contribution in [0.5, 0.6) is 0 Å². The molecule has 1 unspecified atom stereocenters. The molecule has 1 N–H and O–H groups in total. The van der Waals surface area contributed by atoms with Crippen molar-refractivity contribution in [3.63, 3.8) is 0 Å². The highest BCUT2D eigenvalue weighted by Crippen LogP contribution is 2.49. The number of ether oxygens (including phenoxy) is 1. The van der Waals surface area contributed by atoms with Crippen LogP contribution in [-0.4, -0.2) is 42.6 Å². The summed E-state index contributed by atoms with van der Waals surface area (Å²) < 4.78 is 18.8. The highest BCUT2D eigenvalue weighted by atomic mass is 19.1. The van der Waals surface area contributed by atoms with Gasteiger partial charge in [0.2, 0.25) is 0 Å². The number of hydrogen-bond acceptors (Lipinski definition) is 5. The summed E-state index contributed by atoms with van der Waals surface area (Å²) in [5.74, 6) is -2.27. The van der Waals surface area contributed by atoms with Gasteiger partial charge in [0.05, 0.1) is 24.8 Å². The molecule has 2 aliphatic heterocycles. The number of carbonyl (C=O) groups is 3. The van der Waals surface area contributed by atoms with Crippen LogP contribution in [0.15, 0.2) is 29.4 Å². The van der Waals surface area contributed by atoms with Gasteiger partial charge >= 0.3 is 0 Å². The Kier molecular flexibility index (Phi) is 4.51. The lowest BCUT2D eigenvalue weighted by atomic mass is 9.68. The summed E-state index contributed by atoms with van der Waals surface area (Å²) in [7, 11) is 0. The van der Waals surface area contributed by atoms with E-state index < -0.39 is 29.8 Å². The first-order valence-electron chi connectivity index (χ1n) is 9.06. The molecule has 1 spiro atoms. The molecule has 7 nitrogen and oxygen atoms in total. The minimum Gasteiger partial charge on any atom is -0.376 e. The van der Waals surface area contributed by atoms with Crippen LogP contribution in [0.3, 0.4) is 0 Å². The average molecular weight is 373 g/mol. The molecule has 1 saturated heterocycles. The van der Waals surface area contributed by atoms with Crippen LogP contribution in [-0.2, 0) is 19.1 Å². The van der Waals surface area contributed by atoms with Crippen LogP contribution in [0, 0.1) is 11.2 Å². The Morgan fingerprint density at radius 1 is 1.30 bits per heavy atom. The van der Waals surface area contributed by atoms with Gasteiger partial charge in [-0.15, -0.1) is 0 Å². The molecule has 2 heterocycles. The fraction of sp³-hybridized carbons (Fsp3) is 0.474. The zero-order valence-corrected chi connectivity index (χ0v) is 14.7. The number of rotatable bonds is 4. The number of anilines is 1. The summed E-state index contributed by atoms with van der Waals surface area (Å²) in [5, 5.41) is 7.58. The average Bonchev–Trinajstić information content (AvgIpc) is 3.06. The molecule has 0 radical (unpaired) electrons. The standard InChI is InChI=1S/C19H20FN3O4/c20-12-2-4-13(5-3-12)23-16(25)8-15(24)17(22-23)18(26)21-10-14-9-19(11-27-14)6-1-7-19/h2-5,14H,1,6-11H2,(H,21,26). The Labute approximate surface area is 155 Å². The molecule has 2 fully saturated rings. The first-order valence-corrected chi connectivity index (χ1v) is 9.06. The van der Waals surface area contributed by atoms with Crippen molar-refractivity contribution in [1.82, 2.24) is 5.32 Å². The molecular weight excluding hydrogens is 353 g/mol. The van der Waals surface area contributed by atoms with Crippen LogP contribution in [0.4, 0.5) is 10.1 Å². The third-order valence-corrected chi connectivity index (χ3v) is 5.49. The fourth-order valence-corrected chi connectivity index (χ4v) is 3.81. The lowest BCUT2D eigenvalue weighted by Crippen LogP contribution is -2.46. The molecule has 0 bridgehead atoms. The second kappa shape index (κ2) is 6.84. The van der Waals surface area contributed by atoms with Gasteiger partial charge in [-0.1, -0.05) is 6.42 Å². The van der Waals surface area contributed by atoms with E-state index in [4.69, 9.17) is 4.74 Å². The summed E-state index contributed by atoms with van der Waals surface area (Å²) in [4.78, 5) is 36.6. The van der Waals surface area contributed by atoms with Crippen molar-refractivity contribution < 1.29 is 23.5 Å². The smallest absolute Gasteiger partial charge is 0.275 e. The summed E-state index contributed by atoms with van der Waals surface area (Å²) >= 11 is 0. The maximum atomic E-state index is 13.1. The van der Waals surface area contributed by atoms with E-state index in [-0.39, 0.29) is 17.2 Å². The predicted molar refractivity (Wildman–Crippen MR) is 94.6 cm³/mol. The van der Waals surface area contributed by atoms with Crippen LogP contribution < -0.4 is 10.3 Å². The van der Waals surface area contributed by atoms with Gasteiger partial charge in [0.25, 0.3) is 11.8 Å². The second-order valence-electron chi connectivity index (χ2n) is 7.43. The maximum Gasteiger partial charge on any atom is 0.275 e. The van der Waals surface area contributed by atoms with Crippen molar-refractivity contribution in [2.45, 2.75) is 38.2 Å². The van der Waals surface area contributed by atoms with Crippen LogP contribution in [0.25, 0.3) is 0 Å². The number of benzene rings is 1. The molecule has 1 atom stereocenters. The maximum absolute atomic E-state index is 13.1. The lowest BCUT2D eigenvalue weighted by Gasteiger charge is -2.36. The first kappa shape index (κ1) is 17.8. The lowest BCUT2D eigenvalue weighted by molar-refractivity contribution is -0.125. The van der Waals surface area contributed by atoms with E-state index in [2.05, 4.69) is 10.4 Å². The third kappa shape index (κ3) is 3.49. The molecule has 27 heavy (non-hydrogen) atoms. The summed E-state index contributed by atoms with van der Waals surface area (Å²) in [6.45, 7) is 1.03. The molecular formula is C19H20FN3O4. The second-order valence-corrected chi connectivity index (χ2v) is 7.43. The van der Waals surface area contributed by atoms with Gasteiger partial charge in [-0.25, -0.2) is 4.39 Å². The topological polar surface area (TPSA) is 88.1 Å². The van der Waals surface area contributed by atoms with Gasteiger partial charge in [0.1, 0.15) is 5.82 Å². The van der Waals surface area contributed by atoms with Crippen molar-refractivity contribution in [3.8, 4) is 0 Å². The molecule has 8 heteroatoms. The Morgan fingerprint density at radius 2 is 2.04 bits per heavy atom. The van der Waals surface area contributed by atoms with E-state index in [0.717, 1.165) is 30.9 Å². The van der Waals surface area contributed by atoms with E-state index in [0.29, 0.717) is 12.2 Å². The number of hydrazone groups is 1. The van der Waals surface area contributed by atoms with Crippen molar-refractivity contribution >= 4 is 29.0 Å². The number of amides is 2. The Hall–Kier alpha value is -2.61. The highest BCUT2D eigenvalue weighted by molar-refractivity contribution is 6.67. The minimum atomic E-state index is -0.627. The number of carbonyl (C=O) groups excluding carboxylic acids is 3. The minimum absolute atomic E-state index is 0.0663. The molecule has 2 amide bonds. The number of hydrogen-bond donors (Lipinski definition) is 1. The SMILES string of the molecule is O=C1CC(=O)N(c2ccc(F)cc2)N=C1C(=O)NCC1CC2(CCC2)CO1. The van der Waals surface area contributed by atoms with E-state index in [9.17, 15) is 18.8 Å². The van der Waals surface area contributed by atoms with E-state index >= 15 is 0 Å². The van der Waals surface area contributed by atoms with Crippen molar-refractivity contribution in [3.05, 3.63) is 30.1 Å². The monoisotopic (exact) mass is 373 g/mol. The van der Waals surface area contributed by atoms with Gasteiger partial charge < -0.3 is 10.1 Å². The number of halogens is 1. The zero-order valence-electron chi connectivity index (χ0n) is 14.7. The summed E-state index contributed by atoms with van der Waals surface area (Å²) in [6.07, 6.45) is 3.94. The Bertz CT molecular complexity index is 817. The molecule has 4 rings (SSSR count). The molecule has 1 aliphatic carbocycles. The van der Waals surface area contributed by atoms with Crippen molar-refractivity contribution in [2.24, 2.45) is 10.5 Å². The number of nitrogens with zero attached hydrogens (tertiary/aromatic N) is 2. The zero-order chi connectivity index (χ0) is 19.0. The van der Waals surface area contributed by atoms with Crippen LogP contribution in [0.1, 0.15) is 32.1 Å². The van der Waals surface area contributed by atoms with E-state index in [1.807, 2.05) is 0 Å². The molecule has 1 aromatic carbocycles. The Morgan fingerprint density at radius 3 is 2.67 bits per heavy atom. The quantitative estimate of drug-likeness (QED) is 0.812. The molecule has 1 saturated carbocycles. The van der Waals surface area contributed by atoms with Gasteiger partial charge in [0.15, 0.2) is 11.5 Å². The van der Waals surface area contributed by atoms with Gasteiger partial charge in [-0.2, -0.15) is 10.1 Å². The van der Waals surface area contributed by atoms with Crippen LogP contribution >= 0.6 is 0 Å². The van der Waals surface area contributed by atoms with Crippen LogP contribution in [0.2, 0.25) is 0 Å². The first-order chi connectivity index (χ1) is 13.0. The third-order valence-electron chi connectivity index (χ3n) is 5.49. The van der Waals surface area contributed by atoms with Crippen molar-refractivity contribution in [1.29, 1.82) is 0 Å². The van der Waals surface area contributed by atoms with Crippen molar-refractivity contribution in [2.75, 3.05) is 18.2 Å². The highest BCUT2D eigenvalue weighted by Gasteiger charge is 2.44. The molecule has 0 aromatic heterocycles. The summed E-state index contributed by atoms with van der Waals surface area (Å²) in [6, 6.07) is 5.10. The number of Topliss-reactive ketones (excluding diaryl/α,β-unsaturated/α-hetero) is 1. The molecule has 142 valence electrons. The number of nitrogens with one attached hydrogen (secondary N) is 1. The van der Waals surface area contributed by atoms with Gasteiger partial charge in [0, 0.05) is 6.54 Å². The van der Waals surface area contributed by atoms with Gasteiger partial charge in [-0.3, -0.25) is 14.4 Å². The number of ketones is 1. The largest absolute Gasteiger partial charge is 0.376 e. The Balaban J connectivity index is 1.43.